The van der Waals surface area contributed by atoms with Crippen molar-refractivity contribution in [2.45, 2.75) is 193 Å². The third-order valence-electron chi connectivity index (χ3n) is 9.90. The van der Waals surface area contributed by atoms with E-state index < -0.39 is 26.6 Å². The van der Waals surface area contributed by atoms with Gasteiger partial charge in [-0.2, -0.15) is 0 Å². The van der Waals surface area contributed by atoms with Crippen LogP contribution in [0.2, 0.25) is 0 Å². The molecule has 1 amide bonds. The van der Waals surface area contributed by atoms with Crippen LogP contribution < -0.4 is 10.2 Å². The molecule has 0 aliphatic rings. The molecular formula is C49H89N2O6P. The molecule has 58 heavy (non-hydrogen) atoms. The molecule has 0 aliphatic heterocycles. The molecule has 0 radical (unpaired) electrons. The second-order valence-corrected chi connectivity index (χ2v) is 18.1. The largest absolute Gasteiger partial charge is 0.756 e. The van der Waals surface area contributed by atoms with Crippen molar-refractivity contribution < 1.29 is 32.9 Å². The van der Waals surface area contributed by atoms with Gasteiger partial charge in [0.1, 0.15) is 13.2 Å². The van der Waals surface area contributed by atoms with Crippen molar-refractivity contribution in [1.29, 1.82) is 0 Å². The zero-order valence-corrected chi connectivity index (χ0v) is 38.9. The van der Waals surface area contributed by atoms with E-state index in [0.29, 0.717) is 17.4 Å². The SMILES string of the molecule is CC/C=C\C/C=C\C/C=C\C/C=C\CCCCC(=O)NC(COP(=O)([O-])OCC[N+](C)(C)C)C(O)/C=C/CC/C=C/CCCCCCCCCCCCCCCCC. The van der Waals surface area contributed by atoms with Crippen LogP contribution in [0.1, 0.15) is 181 Å². The summed E-state index contributed by atoms with van der Waals surface area (Å²) < 4.78 is 23.2. The predicted octanol–water partition coefficient (Wildman–Crippen LogP) is 12.6. The van der Waals surface area contributed by atoms with E-state index in [4.69, 9.17) is 9.05 Å². The van der Waals surface area contributed by atoms with E-state index in [9.17, 15) is 19.4 Å². The van der Waals surface area contributed by atoms with Crippen molar-refractivity contribution in [2.24, 2.45) is 0 Å². The number of phosphoric acid groups is 1. The molecule has 8 nitrogen and oxygen atoms in total. The van der Waals surface area contributed by atoms with E-state index in [1.807, 2.05) is 27.2 Å². The summed E-state index contributed by atoms with van der Waals surface area (Å²) in [5, 5.41) is 13.7. The molecule has 0 fully saturated rings. The van der Waals surface area contributed by atoms with Crippen molar-refractivity contribution in [1.82, 2.24) is 5.32 Å². The summed E-state index contributed by atoms with van der Waals surface area (Å²) in [4.78, 5) is 25.3. The second-order valence-electron chi connectivity index (χ2n) is 16.7. The monoisotopic (exact) mass is 833 g/mol. The lowest BCUT2D eigenvalue weighted by Gasteiger charge is -2.29. The van der Waals surface area contributed by atoms with E-state index in [0.717, 1.165) is 57.8 Å². The highest BCUT2D eigenvalue weighted by Gasteiger charge is 2.23. The molecule has 0 saturated carbocycles. The first-order valence-electron chi connectivity index (χ1n) is 23.3. The maximum absolute atomic E-state index is 12.8. The third-order valence-corrected chi connectivity index (χ3v) is 10.9. The molecule has 0 rings (SSSR count). The quantitative estimate of drug-likeness (QED) is 0.0275. The zero-order valence-electron chi connectivity index (χ0n) is 38.0. The minimum atomic E-state index is -4.61. The molecular weight excluding hydrogens is 744 g/mol. The zero-order chi connectivity index (χ0) is 42.8. The van der Waals surface area contributed by atoms with Crippen LogP contribution in [0, 0.1) is 0 Å². The second kappa shape index (κ2) is 40.4. The van der Waals surface area contributed by atoms with E-state index in [-0.39, 0.29) is 18.9 Å². The molecule has 0 aromatic rings. The molecule has 0 spiro atoms. The van der Waals surface area contributed by atoms with E-state index in [1.54, 1.807) is 6.08 Å². The number of unbranched alkanes of at least 4 members (excludes halogenated alkanes) is 18. The first-order chi connectivity index (χ1) is 28.0. The van der Waals surface area contributed by atoms with Gasteiger partial charge in [-0.05, 0) is 70.6 Å². The summed E-state index contributed by atoms with van der Waals surface area (Å²) in [5.74, 6) is -0.250. The van der Waals surface area contributed by atoms with Crippen LogP contribution in [0.15, 0.2) is 72.9 Å². The maximum Gasteiger partial charge on any atom is 0.268 e. The molecule has 3 atom stereocenters. The maximum atomic E-state index is 12.8. The van der Waals surface area contributed by atoms with Gasteiger partial charge in [-0.15, -0.1) is 0 Å². The number of likely N-dealkylation sites (N-methyl/N-ethyl adjacent to an activating group) is 1. The number of allylic oxidation sites excluding steroid dienone is 11. The van der Waals surface area contributed by atoms with Crippen LogP contribution in [0.25, 0.3) is 0 Å². The number of amides is 1. The summed E-state index contributed by atoms with van der Waals surface area (Å²) in [6.07, 6.45) is 53.9. The Morgan fingerprint density at radius 3 is 1.60 bits per heavy atom. The first-order valence-corrected chi connectivity index (χ1v) is 24.8. The smallest absolute Gasteiger partial charge is 0.268 e. The molecule has 2 N–H and O–H groups in total. The minimum absolute atomic E-state index is 0.0179. The van der Waals surface area contributed by atoms with Crippen LogP contribution in [0.4, 0.5) is 0 Å². The number of aliphatic hydroxyl groups excluding tert-OH is 1. The van der Waals surface area contributed by atoms with Gasteiger partial charge >= 0.3 is 0 Å². The molecule has 3 unspecified atom stereocenters. The molecule has 336 valence electrons. The fourth-order valence-electron chi connectivity index (χ4n) is 6.22. The molecule has 0 saturated heterocycles. The van der Waals surface area contributed by atoms with Gasteiger partial charge in [-0.3, -0.25) is 9.36 Å². The standard InChI is InChI=1S/C49H89N2O6P/c1-6-8-10-12-14-16-18-20-22-23-24-25-26-27-29-30-32-34-36-38-40-42-48(52)47(46-57-58(54,55)56-45-44-51(3,4)5)50-49(53)43-41-39-37-35-33-31-28-21-19-17-15-13-11-9-7-2/h9,11,15,17,21,28,32-35,40,42,47-48,52H,6-8,10,12-14,16,18-20,22-27,29-31,36-39,41,43-46H2,1-5H3,(H-,50,53,54,55)/b11-9-,17-15-,28-21-,34-32+,35-33-,42-40+. The predicted molar refractivity (Wildman–Crippen MR) is 247 cm³/mol. The summed E-state index contributed by atoms with van der Waals surface area (Å²) in [6, 6.07) is -0.928. The van der Waals surface area contributed by atoms with E-state index >= 15 is 0 Å². The molecule has 0 aromatic carbocycles. The van der Waals surface area contributed by atoms with Crippen molar-refractivity contribution in [3.8, 4) is 0 Å². The highest BCUT2D eigenvalue weighted by atomic mass is 31.2. The fraction of sp³-hybridized carbons (Fsp3) is 0.735. The number of nitrogens with one attached hydrogen (secondary N) is 1. The Hall–Kier alpha value is -2.06. The van der Waals surface area contributed by atoms with Crippen LogP contribution in [-0.4, -0.2) is 68.5 Å². The molecule has 0 heterocycles. The fourth-order valence-corrected chi connectivity index (χ4v) is 6.94. The van der Waals surface area contributed by atoms with Crippen LogP contribution in [0.3, 0.4) is 0 Å². The Kier molecular flexibility index (Phi) is 38.9. The number of hydrogen-bond donors (Lipinski definition) is 2. The number of carbonyl (C=O) groups excluding carboxylic acids is 1. The third kappa shape index (κ3) is 42.1. The van der Waals surface area contributed by atoms with Gasteiger partial charge in [0.15, 0.2) is 0 Å². The first kappa shape index (κ1) is 55.9. The lowest BCUT2D eigenvalue weighted by Crippen LogP contribution is -2.45. The number of hydrogen-bond acceptors (Lipinski definition) is 6. The number of quaternary nitrogens is 1. The molecule has 9 heteroatoms. The summed E-state index contributed by atoms with van der Waals surface area (Å²) >= 11 is 0. The van der Waals surface area contributed by atoms with Crippen molar-refractivity contribution in [3.63, 3.8) is 0 Å². The average molecular weight is 833 g/mol. The van der Waals surface area contributed by atoms with Gasteiger partial charge in [0, 0.05) is 6.42 Å². The van der Waals surface area contributed by atoms with Crippen LogP contribution in [-0.2, 0) is 18.4 Å². The summed E-state index contributed by atoms with van der Waals surface area (Å²) in [6.45, 7) is 4.47. The van der Waals surface area contributed by atoms with E-state index in [2.05, 4.69) is 79.9 Å². The summed E-state index contributed by atoms with van der Waals surface area (Å²) in [5.41, 5.74) is 0. The number of rotatable bonds is 41. The lowest BCUT2D eigenvalue weighted by atomic mass is 10.0. The molecule has 0 aromatic heterocycles. The lowest BCUT2D eigenvalue weighted by molar-refractivity contribution is -0.870. The van der Waals surface area contributed by atoms with Gasteiger partial charge in [0.05, 0.1) is 39.9 Å². The number of phosphoric ester groups is 1. The Balaban J connectivity index is 4.49. The molecule has 0 aliphatic carbocycles. The van der Waals surface area contributed by atoms with Gasteiger partial charge < -0.3 is 28.8 Å². The van der Waals surface area contributed by atoms with Gasteiger partial charge in [-0.1, -0.05) is 177 Å². The number of nitrogens with zero attached hydrogens (tertiary/aromatic N) is 1. The highest BCUT2D eigenvalue weighted by Crippen LogP contribution is 2.38. The highest BCUT2D eigenvalue weighted by molar-refractivity contribution is 7.45. The Labute approximate surface area is 357 Å². The Morgan fingerprint density at radius 1 is 0.621 bits per heavy atom. The van der Waals surface area contributed by atoms with Crippen molar-refractivity contribution in [2.75, 3.05) is 40.9 Å². The van der Waals surface area contributed by atoms with Crippen LogP contribution in [0.5, 0.6) is 0 Å². The van der Waals surface area contributed by atoms with Crippen molar-refractivity contribution >= 4 is 13.7 Å². The number of aliphatic hydroxyl groups is 1. The Bertz CT molecular complexity index is 1170. The normalized spacial score (nSPS) is 14.9. The summed E-state index contributed by atoms with van der Waals surface area (Å²) in [7, 11) is 1.20. The topological polar surface area (TPSA) is 108 Å². The van der Waals surface area contributed by atoms with Crippen molar-refractivity contribution in [3.05, 3.63) is 72.9 Å². The molecule has 0 bridgehead atoms. The van der Waals surface area contributed by atoms with Gasteiger partial charge in [-0.25, -0.2) is 0 Å². The number of carbonyl (C=O) groups is 1. The van der Waals surface area contributed by atoms with E-state index in [1.165, 1.54) is 96.3 Å². The minimum Gasteiger partial charge on any atom is -0.756 e. The van der Waals surface area contributed by atoms with Crippen LogP contribution >= 0.6 is 7.82 Å². The average Bonchev–Trinajstić information content (AvgIpc) is 3.17. The van der Waals surface area contributed by atoms with Gasteiger partial charge in [0.2, 0.25) is 5.91 Å². The van der Waals surface area contributed by atoms with Gasteiger partial charge in [0.25, 0.3) is 7.82 Å². The Morgan fingerprint density at radius 2 is 1.07 bits per heavy atom.